The van der Waals surface area contributed by atoms with Gasteiger partial charge in [0.15, 0.2) is 10.1 Å². The van der Waals surface area contributed by atoms with E-state index in [1.807, 2.05) is 0 Å². The fourth-order valence-electron chi connectivity index (χ4n) is 1.19. The van der Waals surface area contributed by atoms with Gasteiger partial charge in [-0.1, -0.05) is 0 Å². The van der Waals surface area contributed by atoms with E-state index in [2.05, 4.69) is 5.32 Å². The molecule has 2 rings (SSSR count). The molecule has 1 atom stereocenters. The Bertz CT molecular complexity index is 409. The Balaban J connectivity index is 0.000000980. The molecule has 1 aliphatic heterocycles. The maximum atomic E-state index is 10.5. The Morgan fingerprint density at radius 1 is 1.50 bits per heavy atom. The van der Waals surface area contributed by atoms with Crippen LogP contribution in [0.1, 0.15) is 18.2 Å². The summed E-state index contributed by atoms with van der Waals surface area (Å²) in [6, 6.07) is 2.77. The van der Waals surface area contributed by atoms with Crippen molar-refractivity contribution in [1.82, 2.24) is 5.32 Å². The van der Waals surface area contributed by atoms with Gasteiger partial charge in [-0.2, -0.15) is 0 Å². The molecule has 0 aliphatic carbocycles. The van der Waals surface area contributed by atoms with E-state index in [4.69, 9.17) is 4.42 Å². The molecule has 1 aliphatic rings. The molecule has 1 unspecified atom stereocenters. The van der Waals surface area contributed by atoms with Crippen molar-refractivity contribution in [3.05, 3.63) is 17.9 Å². The van der Waals surface area contributed by atoms with Crippen LogP contribution < -0.4 is 34.9 Å². The van der Waals surface area contributed by atoms with Crippen LogP contribution in [-0.2, 0) is 10.1 Å². The molecule has 0 radical (unpaired) electrons. The SMILES string of the molecule is O=S(=O)([O-])c1ccc(C2CCN2)o1.[Na+]. The maximum Gasteiger partial charge on any atom is 1.00 e. The van der Waals surface area contributed by atoms with Crippen molar-refractivity contribution in [2.24, 2.45) is 0 Å². The average Bonchev–Trinajstić information content (AvgIpc) is 2.29. The Labute approximate surface area is 104 Å². The Morgan fingerprint density at radius 3 is 2.50 bits per heavy atom. The zero-order valence-corrected chi connectivity index (χ0v) is 10.5. The van der Waals surface area contributed by atoms with Gasteiger partial charge in [-0.25, -0.2) is 8.42 Å². The van der Waals surface area contributed by atoms with E-state index in [1.165, 1.54) is 12.1 Å². The monoisotopic (exact) mass is 225 g/mol. The smallest absolute Gasteiger partial charge is 0.742 e. The van der Waals surface area contributed by atoms with Crippen molar-refractivity contribution in [2.45, 2.75) is 17.6 Å². The second kappa shape index (κ2) is 4.34. The minimum absolute atomic E-state index is 0. The minimum Gasteiger partial charge on any atom is -0.742 e. The second-order valence-corrected chi connectivity index (χ2v) is 4.22. The molecule has 0 aromatic carbocycles. The van der Waals surface area contributed by atoms with Crippen molar-refractivity contribution in [3.63, 3.8) is 0 Å². The molecule has 1 saturated heterocycles. The van der Waals surface area contributed by atoms with Crippen LogP contribution in [0.5, 0.6) is 0 Å². The molecule has 0 saturated carbocycles. The summed E-state index contributed by atoms with van der Waals surface area (Å²) in [7, 11) is -4.44. The van der Waals surface area contributed by atoms with E-state index in [9.17, 15) is 13.0 Å². The Kier molecular flexibility index (Phi) is 3.79. The van der Waals surface area contributed by atoms with E-state index in [0.29, 0.717) is 5.76 Å². The third-order valence-corrected chi connectivity index (χ3v) is 2.73. The van der Waals surface area contributed by atoms with Crippen molar-refractivity contribution in [2.75, 3.05) is 6.54 Å². The van der Waals surface area contributed by atoms with Crippen LogP contribution in [0.15, 0.2) is 21.6 Å². The van der Waals surface area contributed by atoms with Crippen LogP contribution in [0.4, 0.5) is 0 Å². The zero-order valence-electron chi connectivity index (χ0n) is 7.69. The first kappa shape index (κ1) is 12.2. The first-order valence-electron chi connectivity index (χ1n) is 3.86. The first-order valence-corrected chi connectivity index (χ1v) is 5.27. The fraction of sp³-hybridized carbons (Fsp3) is 0.429. The molecular formula is C7H8NNaO4S. The van der Waals surface area contributed by atoms with E-state index in [-0.39, 0.29) is 35.6 Å². The molecule has 5 nitrogen and oxygen atoms in total. The van der Waals surface area contributed by atoms with Crippen molar-refractivity contribution in [1.29, 1.82) is 0 Å². The summed E-state index contributed by atoms with van der Waals surface area (Å²) in [5, 5.41) is 2.53. The summed E-state index contributed by atoms with van der Waals surface area (Å²) in [4.78, 5) is 0. The van der Waals surface area contributed by atoms with Crippen LogP contribution in [0.3, 0.4) is 0 Å². The molecule has 0 spiro atoms. The quantitative estimate of drug-likeness (QED) is 0.435. The van der Waals surface area contributed by atoms with E-state index in [1.54, 1.807) is 0 Å². The van der Waals surface area contributed by atoms with Crippen LogP contribution in [0.25, 0.3) is 0 Å². The summed E-state index contributed by atoms with van der Waals surface area (Å²) < 4.78 is 36.4. The van der Waals surface area contributed by atoms with Gasteiger partial charge in [-0.3, -0.25) is 0 Å². The van der Waals surface area contributed by atoms with Gasteiger partial charge >= 0.3 is 29.6 Å². The fourth-order valence-corrected chi connectivity index (χ4v) is 1.62. The molecule has 0 amide bonds. The molecule has 1 N–H and O–H groups in total. The molecule has 1 aromatic rings. The molecule has 72 valence electrons. The van der Waals surface area contributed by atoms with Gasteiger partial charge in [0.05, 0.1) is 6.04 Å². The molecule has 2 heterocycles. The normalized spacial score (nSPS) is 21.1. The zero-order chi connectivity index (χ0) is 9.47. The molecule has 1 fully saturated rings. The van der Waals surface area contributed by atoms with E-state index < -0.39 is 15.2 Å². The van der Waals surface area contributed by atoms with Crippen LogP contribution in [0, 0.1) is 0 Å². The second-order valence-electron chi connectivity index (χ2n) is 2.91. The number of hydrogen-bond donors (Lipinski definition) is 1. The molecule has 7 heteroatoms. The van der Waals surface area contributed by atoms with Gasteiger partial charge in [-0.05, 0) is 25.1 Å². The molecular weight excluding hydrogens is 217 g/mol. The summed E-state index contributed by atoms with van der Waals surface area (Å²) in [6.45, 7) is 0.894. The molecule has 1 aromatic heterocycles. The van der Waals surface area contributed by atoms with Gasteiger partial charge in [0.2, 0.25) is 5.09 Å². The van der Waals surface area contributed by atoms with Gasteiger partial charge < -0.3 is 14.3 Å². The predicted octanol–water partition coefficient (Wildman–Crippen LogP) is -2.78. The van der Waals surface area contributed by atoms with Gasteiger partial charge in [0, 0.05) is 0 Å². The van der Waals surface area contributed by atoms with Crippen LogP contribution in [-0.4, -0.2) is 19.5 Å². The largest absolute Gasteiger partial charge is 1.00 e. The van der Waals surface area contributed by atoms with Gasteiger partial charge in [0.25, 0.3) is 0 Å². The number of hydrogen-bond acceptors (Lipinski definition) is 5. The van der Waals surface area contributed by atoms with Crippen LogP contribution >= 0.6 is 0 Å². The Morgan fingerprint density at radius 2 is 2.14 bits per heavy atom. The minimum atomic E-state index is -4.44. The summed E-state index contributed by atoms with van der Waals surface area (Å²) >= 11 is 0. The molecule has 0 bridgehead atoms. The number of furan rings is 1. The topological polar surface area (TPSA) is 82.4 Å². The third kappa shape index (κ3) is 2.39. The van der Waals surface area contributed by atoms with Crippen molar-refractivity contribution < 1.29 is 46.9 Å². The maximum absolute atomic E-state index is 10.5. The summed E-state index contributed by atoms with van der Waals surface area (Å²) in [5.41, 5.74) is 0. The Hall–Kier alpha value is 0.150. The standard InChI is InChI=1S/C7H9NO4S.Na/c9-13(10,11)7-2-1-6(12-7)5-3-4-8-5;/h1-2,5,8H,3-4H2,(H,9,10,11);/q;+1/p-1. The van der Waals surface area contributed by atoms with Crippen LogP contribution in [0.2, 0.25) is 0 Å². The third-order valence-electron chi connectivity index (χ3n) is 2.02. The first-order chi connectivity index (χ1) is 6.07. The van der Waals surface area contributed by atoms with Crippen molar-refractivity contribution in [3.8, 4) is 0 Å². The van der Waals surface area contributed by atoms with E-state index >= 15 is 0 Å². The average molecular weight is 225 g/mol. The van der Waals surface area contributed by atoms with Gasteiger partial charge in [0.1, 0.15) is 5.76 Å². The number of nitrogens with one attached hydrogen (secondary N) is 1. The predicted molar refractivity (Wildman–Crippen MR) is 42.0 cm³/mol. The summed E-state index contributed by atoms with van der Waals surface area (Å²) in [6.07, 6.45) is 0.909. The van der Waals surface area contributed by atoms with Crippen molar-refractivity contribution >= 4 is 10.1 Å². The van der Waals surface area contributed by atoms with E-state index in [0.717, 1.165) is 13.0 Å². The van der Waals surface area contributed by atoms with Gasteiger partial charge in [-0.15, -0.1) is 0 Å². The molecule has 14 heavy (non-hydrogen) atoms. The number of rotatable bonds is 2. The summed E-state index contributed by atoms with van der Waals surface area (Å²) in [5.74, 6) is 0.515.